The number of piperidine rings is 2. The van der Waals surface area contributed by atoms with Crippen molar-refractivity contribution in [3.8, 4) is 11.1 Å². The Morgan fingerprint density at radius 1 is 1.07 bits per heavy atom. The molecule has 1 atom stereocenters. The summed E-state index contributed by atoms with van der Waals surface area (Å²) in [5, 5.41) is 13.2. The van der Waals surface area contributed by atoms with E-state index in [9.17, 15) is 5.11 Å². The second kappa shape index (κ2) is 9.00. The van der Waals surface area contributed by atoms with Gasteiger partial charge in [0.25, 0.3) is 0 Å². The first-order valence-electron chi connectivity index (χ1n) is 11.3. The number of rotatable bonds is 5. The molecule has 30 heavy (non-hydrogen) atoms. The van der Waals surface area contributed by atoms with Gasteiger partial charge < -0.3 is 14.9 Å². The minimum Gasteiger partial charge on any atom is -0.396 e. The minimum atomic E-state index is 0.255. The summed E-state index contributed by atoms with van der Waals surface area (Å²) in [6.07, 6.45) is 6.18. The average Bonchev–Trinajstić information content (AvgIpc) is 3.24. The fourth-order valence-corrected chi connectivity index (χ4v) is 5.92. The van der Waals surface area contributed by atoms with Gasteiger partial charge in [-0.05, 0) is 43.6 Å². The Morgan fingerprint density at radius 3 is 2.70 bits per heavy atom. The Labute approximate surface area is 182 Å². The van der Waals surface area contributed by atoms with Crippen molar-refractivity contribution in [2.75, 3.05) is 37.7 Å². The van der Waals surface area contributed by atoms with Crippen molar-refractivity contribution in [2.45, 2.75) is 38.6 Å². The maximum atomic E-state index is 9.77. The van der Waals surface area contributed by atoms with Crippen molar-refractivity contribution in [2.24, 2.45) is 5.92 Å². The van der Waals surface area contributed by atoms with Crippen LogP contribution in [-0.2, 0) is 6.54 Å². The number of nitrogens with one attached hydrogen (secondary N) is 1. The summed E-state index contributed by atoms with van der Waals surface area (Å²) in [5.74, 6) is 2.38. The molecule has 0 bridgehead atoms. The number of hydrogen-bond acceptors (Lipinski definition) is 5. The maximum absolute atomic E-state index is 9.77. The third-order valence-electron chi connectivity index (χ3n) is 6.59. The summed E-state index contributed by atoms with van der Waals surface area (Å²) in [4.78, 5) is 15.3. The average molecular weight is 424 g/mol. The van der Waals surface area contributed by atoms with E-state index in [1.807, 2.05) is 0 Å². The number of thiophene rings is 1. The van der Waals surface area contributed by atoms with Gasteiger partial charge in [0.2, 0.25) is 0 Å². The van der Waals surface area contributed by atoms with Crippen LogP contribution in [0.25, 0.3) is 21.3 Å². The zero-order valence-electron chi connectivity index (χ0n) is 17.5. The van der Waals surface area contributed by atoms with Gasteiger partial charge in [-0.3, -0.25) is 0 Å². The molecule has 1 aromatic carbocycles. The van der Waals surface area contributed by atoms with Gasteiger partial charge in [0, 0.05) is 30.6 Å². The van der Waals surface area contributed by atoms with Gasteiger partial charge >= 0.3 is 0 Å². The summed E-state index contributed by atoms with van der Waals surface area (Å²) in [5.41, 5.74) is 2.45. The molecular formula is C24H31N4OS+. The van der Waals surface area contributed by atoms with Crippen LogP contribution in [0.3, 0.4) is 0 Å². The van der Waals surface area contributed by atoms with Crippen LogP contribution in [0.2, 0.25) is 0 Å². The van der Waals surface area contributed by atoms with Gasteiger partial charge in [0.05, 0.1) is 18.5 Å². The predicted molar refractivity (Wildman–Crippen MR) is 123 cm³/mol. The lowest BCUT2D eigenvalue weighted by molar-refractivity contribution is -0.919. The molecule has 3 aromatic rings. The predicted octanol–water partition coefficient (Wildman–Crippen LogP) is 3.14. The van der Waals surface area contributed by atoms with E-state index in [4.69, 9.17) is 9.97 Å². The van der Waals surface area contributed by atoms with Crippen LogP contribution < -0.4 is 9.80 Å². The van der Waals surface area contributed by atoms with E-state index in [-0.39, 0.29) is 6.61 Å². The van der Waals surface area contributed by atoms with E-state index in [0.717, 1.165) is 48.9 Å². The van der Waals surface area contributed by atoms with Gasteiger partial charge in [0.1, 0.15) is 17.2 Å². The third kappa shape index (κ3) is 4.09. The minimum absolute atomic E-state index is 0.255. The number of quaternary nitrogens is 1. The number of aliphatic hydroxyl groups is 1. The quantitative estimate of drug-likeness (QED) is 0.662. The molecule has 0 amide bonds. The number of aliphatic hydroxyl groups excluding tert-OH is 1. The molecule has 0 spiro atoms. The second-order valence-electron chi connectivity index (χ2n) is 8.78. The monoisotopic (exact) mass is 423 g/mol. The molecule has 0 unspecified atom stereocenters. The number of likely N-dealkylation sites (tertiary alicyclic amines) is 1. The summed E-state index contributed by atoms with van der Waals surface area (Å²) >= 11 is 1.73. The van der Waals surface area contributed by atoms with Crippen molar-refractivity contribution >= 4 is 27.4 Å². The number of hydrogen-bond donors (Lipinski definition) is 2. The standard InChI is InChI=1S/C24H30N4OS/c29-16-18-8-7-13-28(14-18)23-22-20(19-9-3-1-4-10-19)17-30-24(22)26-21(25-23)15-27-11-5-2-6-12-27/h1,3-4,9-10,17-18,29H,2,5-8,11-16H2/p+1/t18-/m0/s1. The summed E-state index contributed by atoms with van der Waals surface area (Å²) in [6, 6.07) is 10.6. The number of anilines is 1. The molecule has 2 aliphatic heterocycles. The van der Waals surface area contributed by atoms with Crippen LogP contribution >= 0.6 is 11.3 Å². The van der Waals surface area contributed by atoms with Gasteiger partial charge in [-0.1, -0.05) is 30.3 Å². The molecule has 6 heteroatoms. The zero-order valence-corrected chi connectivity index (χ0v) is 18.3. The van der Waals surface area contributed by atoms with Crippen molar-refractivity contribution in [3.63, 3.8) is 0 Å². The van der Waals surface area contributed by atoms with Crippen LogP contribution in [0, 0.1) is 5.92 Å². The Bertz CT molecular complexity index is 984. The third-order valence-corrected chi connectivity index (χ3v) is 7.46. The van der Waals surface area contributed by atoms with Crippen LogP contribution in [-0.4, -0.2) is 47.9 Å². The van der Waals surface area contributed by atoms with Crippen molar-refractivity contribution in [1.82, 2.24) is 9.97 Å². The highest BCUT2D eigenvalue weighted by Gasteiger charge is 2.26. The highest BCUT2D eigenvalue weighted by atomic mass is 32.1. The molecule has 2 N–H and O–H groups in total. The molecular weight excluding hydrogens is 392 g/mol. The summed E-state index contributed by atoms with van der Waals surface area (Å²) < 4.78 is 0. The van der Waals surface area contributed by atoms with E-state index in [0.29, 0.717) is 5.92 Å². The van der Waals surface area contributed by atoms with Crippen molar-refractivity contribution in [1.29, 1.82) is 0 Å². The lowest BCUT2D eigenvalue weighted by Gasteiger charge is -2.33. The van der Waals surface area contributed by atoms with Crippen LogP contribution in [0.1, 0.15) is 37.9 Å². The molecule has 2 aliphatic rings. The van der Waals surface area contributed by atoms with Gasteiger partial charge in [-0.2, -0.15) is 0 Å². The Morgan fingerprint density at radius 2 is 1.90 bits per heavy atom. The number of benzene rings is 1. The van der Waals surface area contributed by atoms with Gasteiger partial charge in [-0.25, -0.2) is 9.97 Å². The van der Waals surface area contributed by atoms with E-state index in [1.54, 1.807) is 16.2 Å². The summed E-state index contributed by atoms with van der Waals surface area (Å²) in [7, 11) is 0. The van der Waals surface area contributed by atoms with E-state index in [2.05, 4.69) is 40.6 Å². The van der Waals surface area contributed by atoms with Gasteiger partial charge in [-0.15, -0.1) is 11.3 Å². The fraction of sp³-hybridized carbons (Fsp3) is 0.500. The summed E-state index contributed by atoms with van der Waals surface area (Å²) in [6.45, 7) is 5.51. The van der Waals surface area contributed by atoms with Crippen molar-refractivity contribution < 1.29 is 10.0 Å². The lowest BCUT2D eigenvalue weighted by Crippen LogP contribution is -3.11. The fourth-order valence-electron chi connectivity index (χ4n) is 4.96. The highest BCUT2D eigenvalue weighted by molar-refractivity contribution is 7.17. The van der Waals surface area contributed by atoms with E-state index in [1.165, 1.54) is 48.9 Å². The first-order chi connectivity index (χ1) is 14.8. The van der Waals surface area contributed by atoms with Gasteiger partial charge in [0.15, 0.2) is 5.82 Å². The first-order valence-corrected chi connectivity index (χ1v) is 12.2. The van der Waals surface area contributed by atoms with Crippen molar-refractivity contribution in [3.05, 3.63) is 41.5 Å². The first kappa shape index (κ1) is 19.9. The topological polar surface area (TPSA) is 53.7 Å². The molecule has 158 valence electrons. The molecule has 2 fully saturated rings. The Hall–Kier alpha value is -2.02. The molecule has 5 rings (SSSR count). The Balaban J connectivity index is 1.57. The molecule has 0 saturated carbocycles. The number of fused-ring (bicyclic) bond motifs is 1. The molecule has 0 radical (unpaired) electrons. The zero-order chi connectivity index (χ0) is 20.3. The maximum Gasteiger partial charge on any atom is 0.187 e. The van der Waals surface area contributed by atoms with E-state index >= 15 is 0 Å². The van der Waals surface area contributed by atoms with Crippen LogP contribution in [0.5, 0.6) is 0 Å². The Kier molecular flexibility index (Phi) is 5.97. The molecule has 2 saturated heterocycles. The SMILES string of the molecule is OC[C@H]1CCCN(c2nc(C[NH+]3CCCCC3)nc3scc(-c4ccccc4)c23)C1. The normalized spacial score (nSPS) is 20.7. The lowest BCUT2D eigenvalue weighted by atomic mass is 9.98. The van der Waals surface area contributed by atoms with E-state index < -0.39 is 0 Å². The van der Waals surface area contributed by atoms with Crippen LogP contribution in [0.15, 0.2) is 35.7 Å². The molecule has 4 heterocycles. The highest BCUT2D eigenvalue weighted by Crippen LogP contribution is 2.39. The smallest absolute Gasteiger partial charge is 0.187 e. The largest absolute Gasteiger partial charge is 0.396 e. The number of aromatic nitrogens is 2. The van der Waals surface area contributed by atoms with Crippen LogP contribution in [0.4, 0.5) is 5.82 Å². The molecule has 2 aromatic heterocycles. The second-order valence-corrected chi connectivity index (χ2v) is 9.64. The molecule has 5 nitrogen and oxygen atoms in total. The number of nitrogens with zero attached hydrogens (tertiary/aromatic N) is 3. The molecule has 0 aliphatic carbocycles.